The molecule has 2 N–H and O–H groups in total. The lowest BCUT2D eigenvalue weighted by Gasteiger charge is -2.28. The molecule has 0 saturated heterocycles. The molecule has 4 aromatic carbocycles. The molecule has 2 aliphatic carbocycles. The van der Waals surface area contributed by atoms with Crippen molar-refractivity contribution in [2.75, 3.05) is 7.11 Å². The fraction of sp³-hybridized carbons (Fsp3) is 0.340. The van der Waals surface area contributed by atoms with Crippen LogP contribution in [0.4, 0.5) is 0 Å². The van der Waals surface area contributed by atoms with E-state index in [0.717, 1.165) is 64.3 Å². The fourth-order valence-corrected chi connectivity index (χ4v) is 8.06. The summed E-state index contributed by atoms with van der Waals surface area (Å²) in [5, 5.41) is 23.9. The Bertz CT molecular complexity index is 2110. The van der Waals surface area contributed by atoms with Gasteiger partial charge in [0.05, 0.1) is 7.11 Å². The molecule has 4 atom stereocenters. The third-order valence-electron chi connectivity index (χ3n) is 11.0. The molecule has 0 fully saturated rings. The average Bonchev–Trinajstić information content (AvgIpc) is 3.16. The molecule has 2 aliphatic heterocycles. The molecule has 0 amide bonds. The minimum absolute atomic E-state index is 0.00738. The number of rotatable bonds is 8. The molecule has 2 heterocycles. The SMILES string of the molecule is COc1ccc2cc1OCc1ccc3c(c(O)cc4c3c1C=C[C@H]4C)CC#CO[C@@H](C[C@@H]1C=C(O)C=C[C@H]1CCCCc1ccccc1)CC(=O)CC2. The Labute approximate surface area is 312 Å². The summed E-state index contributed by atoms with van der Waals surface area (Å²) in [6, 6.07) is 22.4. The molecule has 0 spiro atoms. The number of hydrogen-bond donors (Lipinski definition) is 2. The van der Waals surface area contributed by atoms with Gasteiger partial charge in [0.15, 0.2) is 11.5 Å². The highest BCUT2D eigenvalue weighted by atomic mass is 16.5. The highest BCUT2D eigenvalue weighted by molar-refractivity contribution is 6.00. The minimum atomic E-state index is -0.460. The molecule has 272 valence electrons. The van der Waals surface area contributed by atoms with Crippen molar-refractivity contribution < 1.29 is 29.2 Å². The van der Waals surface area contributed by atoms with Crippen molar-refractivity contribution in [3.05, 3.63) is 130 Å². The number of aliphatic hydroxyl groups excluding tert-OH is 1. The number of aromatic hydroxyl groups is 1. The van der Waals surface area contributed by atoms with E-state index >= 15 is 0 Å². The van der Waals surface area contributed by atoms with Crippen LogP contribution in [0.1, 0.15) is 84.7 Å². The molecule has 0 unspecified atom stereocenters. The maximum Gasteiger partial charge on any atom is 0.161 e. The number of carbonyl (C=O) groups is 1. The van der Waals surface area contributed by atoms with Crippen LogP contribution >= 0.6 is 0 Å². The average molecular weight is 709 g/mol. The lowest BCUT2D eigenvalue weighted by atomic mass is 9.80. The van der Waals surface area contributed by atoms with Crippen molar-refractivity contribution in [3.63, 3.8) is 0 Å². The summed E-state index contributed by atoms with van der Waals surface area (Å²) < 4.78 is 18.3. The second-order valence-corrected chi connectivity index (χ2v) is 14.6. The van der Waals surface area contributed by atoms with E-state index in [2.05, 4.69) is 73.6 Å². The minimum Gasteiger partial charge on any atom is -0.508 e. The van der Waals surface area contributed by atoms with Crippen LogP contribution < -0.4 is 9.47 Å². The number of phenolic OH excluding ortho intramolecular Hbond substituents is 1. The van der Waals surface area contributed by atoms with E-state index in [4.69, 9.17) is 14.2 Å². The maximum absolute atomic E-state index is 13.6. The van der Waals surface area contributed by atoms with E-state index in [1.165, 1.54) is 5.56 Å². The van der Waals surface area contributed by atoms with Crippen LogP contribution in [0.2, 0.25) is 0 Å². The molecule has 6 bridgehead atoms. The number of methoxy groups -OCH3 is 1. The van der Waals surface area contributed by atoms with Crippen molar-refractivity contribution in [1.82, 2.24) is 0 Å². The van der Waals surface area contributed by atoms with Gasteiger partial charge >= 0.3 is 0 Å². The first-order valence-electron chi connectivity index (χ1n) is 18.9. The van der Waals surface area contributed by atoms with Gasteiger partial charge in [-0.3, -0.25) is 4.79 Å². The third-order valence-corrected chi connectivity index (χ3v) is 11.0. The van der Waals surface area contributed by atoms with E-state index in [1.54, 1.807) is 13.2 Å². The number of unbranched alkanes of at least 4 members (excludes halogenated alkanes) is 1. The topological polar surface area (TPSA) is 85.2 Å². The van der Waals surface area contributed by atoms with Gasteiger partial charge in [0.25, 0.3) is 0 Å². The van der Waals surface area contributed by atoms with Gasteiger partial charge in [-0.1, -0.05) is 86.0 Å². The quantitative estimate of drug-likeness (QED) is 0.140. The van der Waals surface area contributed by atoms with Crippen molar-refractivity contribution in [1.29, 1.82) is 0 Å². The molecular weight excluding hydrogens is 661 g/mol. The largest absolute Gasteiger partial charge is 0.508 e. The van der Waals surface area contributed by atoms with E-state index in [0.29, 0.717) is 37.4 Å². The molecular formula is C47H48O6. The molecule has 4 aliphatic rings. The van der Waals surface area contributed by atoms with E-state index in [-0.39, 0.29) is 47.9 Å². The number of ether oxygens (including phenoxy) is 3. The highest BCUT2D eigenvalue weighted by Gasteiger charge is 2.27. The summed E-state index contributed by atoms with van der Waals surface area (Å²) in [4.78, 5) is 13.6. The number of benzene rings is 4. The Morgan fingerprint density at radius 2 is 1.81 bits per heavy atom. The predicted octanol–water partition coefficient (Wildman–Crippen LogP) is 10.1. The lowest BCUT2D eigenvalue weighted by molar-refractivity contribution is -0.121. The van der Waals surface area contributed by atoms with Crippen LogP contribution in [-0.4, -0.2) is 29.2 Å². The summed E-state index contributed by atoms with van der Waals surface area (Å²) in [7, 11) is 1.63. The Hall–Kier alpha value is -5.41. The van der Waals surface area contributed by atoms with Crippen molar-refractivity contribution in [2.45, 2.75) is 83.3 Å². The van der Waals surface area contributed by atoms with Crippen LogP contribution in [0.5, 0.6) is 17.2 Å². The number of phenols is 1. The van der Waals surface area contributed by atoms with Crippen molar-refractivity contribution >= 4 is 22.6 Å². The normalized spacial score (nSPS) is 21.1. The third kappa shape index (κ3) is 8.47. The van der Waals surface area contributed by atoms with Gasteiger partial charge in [0.2, 0.25) is 0 Å². The van der Waals surface area contributed by atoms with Gasteiger partial charge in [-0.25, -0.2) is 0 Å². The predicted molar refractivity (Wildman–Crippen MR) is 210 cm³/mol. The van der Waals surface area contributed by atoms with Gasteiger partial charge in [0.1, 0.15) is 36.1 Å². The second kappa shape index (κ2) is 16.5. The first kappa shape index (κ1) is 36.0. The van der Waals surface area contributed by atoms with Gasteiger partial charge in [-0.05, 0) is 113 Å². The number of allylic oxidation sites excluding steroid dienone is 4. The highest BCUT2D eigenvalue weighted by Crippen LogP contribution is 2.42. The number of aryl methyl sites for hydroxylation is 2. The lowest BCUT2D eigenvalue weighted by Crippen LogP contribution is -2.24. The summed E-state index contributed by atoms with van der Waals surface area (Å²) in [5.74, 6) is 5.34. The number of fused-ring (bicyclic) bond motifs is 9. The molecule has 0 radical (unpaired) electrons. The number of ketones is 1. The fourth-order valence-electron chi connectivity index (χ4n) is 8.06. The van der Waals surface area contributed by atoms with Crippen LogP contribution in [-0.2, 0) is 35.4 Å². The first-order chi connectivity index (χ1) is 25.9. The van der Waals surface area contributed by atoms with E-state index in [9.17, 15) is 15.0 Å². The smallest absolute Gasteiger partial charge is 0.161 e. The van der Waals surface area contributed by atoms with Crippen molar-refractivity contribution in [3.8, 4) is 29.3 Å². The van der Waals surface area contributed by atoms with E-state index < -0.39 is 6.10 Å². The molecule has 6 nitrogen and oxygen atoms in total. The molecule has 6 heteroatoms. The molecule has 53 heavy (non-hydrogen) atoms. The number of aliphatic hydroxyl groups is 1. The number of carbonyl (C=O) groups excluding carboxylic acids is 1. The van der Waals surface area contributed by atoms with Crippen LogP contribution in [0, 0.1) is 23.9 Å². The van der Waals surface area contributed by atoms with Gasteiger partial charge < -0.3 is 24.4 Å². The molecule has 4 aromatic rings. The van der Waals surface area contributed by atoms with Crippen molar-refractivity contribution in [2.24, 2.45) is 11.8 Å². The zero-order valence-electron chi connectivity index (χ0n) is 30.6. The number of hydrogen-bond acceptors (Lipinski definition) is 6. The maximum atomic E-state index is 13.6. The van der Waals surface area contributed by atoms with Gasteiger partial charge in [-0.15, -0.1) is 0 Å². The molecule has 0 saturated carbocycles. The summed E-state index contributed by atoms with van der Waals surface area (Å²) in [5.41, 5.74) is 6.25. The van der Waals surface area contributed by atoms with Gasteiger partial charge in [-0.2, -0.15) is 0 Å². The van der Waals surface area contributed by atoms with E-state index in [1.807, 2.05) is 36.4 Å². The summed E-state index contributed by atoms with van der Waals surface area (Å²) in [6.45, 7) is 2.47. The monoisotopic (exact) mass is 708 g/mol. The Morgan fingerprint density at radius 1 is 0.943 bits per heavy atom. The zero-order chi connectivity index (χ0) is 36.7. The number of Topliss-reactive ketones (excluding diaryl/α,β-unsaturated/α-hetero) is 1. The summed E-state index contributed by atoms with van der Waals surface area (Å²) in [6.07, 6.45) is 18.7. The zero-order valence-corrected chi connectivity index (χ0v) is 30.6. The summed E-state index contributed by atoms with van der Waals surface area (Å²) >= 11 is 0. The molecule has 0 aromatic heterocycles. The standard InChI is InChI=1S/C47H48O6/c1-31-14-21-40-35-18-22-42-41(44(50)29-43(31)47(40)42)13-8-24-52-39(28-38(49)19-15-33-16-23-45(51-2)46(25-33)53-30-35)27-36-26-37(48)20-17-34(36)12-7-6-11-32-9-4-3-5-10-32/h3-5,9-10,14,16-18,20-23,25-26,29,31,34,36,39,48,50H,6-7,11-13,15,19,27-28,30H2,1-2H3/t31-,34-,36+,39+/m1/s1. The van der Waals surface area contributed by atoms with Crippen LogP contribution in [0.15, 0.2) is 96.8 Å². The Morgan fingerprint density at radius 3 is 2.66 bits per heavy atom. The van der Waals surface area contributed by atoms with Crippen LogP contribution in [0.3, 0.4) is 0 Å². The Kier molecular flexibility index (Phi) is 11.2. The second-order valence-electron chi connectivity index (χ2n) is 14.6. The van der Waals surface area contributed by atoms with Gasteiger partial charge in [0, 0.05) is 30.7 Å². The first-order valence-corrected chi connectivity index (χ1v) is 18.9. The molecule has 8 rings (SSSR count). The Balaban J connectivity index is 1.16. The van der Waals surface area contributed by atoms with Crippen LogP contribution in [0.25, 0.3) is 16.8 Å².